The molecule has 0 saturated carbocycles. The number of rotatable bonds is 12. The molecule has 0 fully saturated rings. The summed E-state index contributed by atoms with van der Waals surface area (Å²) in [5, 5.41) is 33.6. The van der Waals surface area contributed by atoms with Crippen LogP contribution in [0.3, 0.4) is 0 Å². The molecule has 0 aliphatic heterocycles. The fraction of sp³-hybridized carbons (Fsp3) is 0.688. The lowest BCUT2D eigenvalue weighted by atomic mass is 10.0. The molecule has 28 heavy (non-hydrogen) atoms. The van der Waals surface area contributed by atoms with Gasteiger partial charge in [-0.3, -0.25) is 24.0 Å². The lowest BCUT2D eigenvalue weighted by Crippen LogP contribution is -2.58. The summed E-state index contributed by atoms with van der Waals surface area (Å²) in [6.07, 6.45) is -1.88. The van der Waals surface area contributed by atoms with Gasteiger partial charge in [0.05, 0.1) is 6.10 Å². The minimum absolute atomic E-state index is 0.279. The molecule has 3 amide bonds. The SMILES string of the molecule is CC(C)C(NC(=O)C(N)C(C)O)C(=O)NC(CCC(=O)O)C(=O)NCC(=O)O. The van der Waals surface area contributed by atoms with E-state index in [-0.39, 0.29) is 6.42 Å². The number of aliphatic carboxylic acids is 2. The van der Waals surface area contributed by atoms with E-state index in [1.807, 2.05) is 0 Å². The second-order valence-electron chi connectivity index (χ2n) is 6.60. The highest BCUT2D eigenvalue weighted by atomic mass is 16.4. The second-order valence-corrected chi connectivity index (χ2v) is 6.60. The van der Waals surface area contributed by atoms with Crippen LogP contribution in [-0.4, -0.2) is 75.8 Å². The van der Waals surface area contributed by atoms with Crippen LogP contribution in [0.25, 0.3) is 0 Å². The van der Waals surface area contributed by atoms with Gasteiger partial charge < -0.3 is 37.0 Å². The average molecular weight is 404 g/mol. The molecular weight excluding hydrogens is 376 g/mol. The van der Waals surface area contributed by atoms with E-state index in [0.29, 0.717) is 0 Å². The van der Waals surface area contributed by atoms with Crippen molar-refractivity contribution >= 4 is 29.7 Å². The Balaban J connectivity index is 5.23. The molecule has 0 rings (SSSR count). The van der Waals surface area contributed by atoms with E-state index >= 15 is 0 Å². The molecule has 12 nitrogen and oxygen atoms in total. The fourth-order valence-electron chi connectivity index (χ4n) is 2.09. The van der Waals surface area contributed by atoms with E-state index < -0.39 is 72.8 Å². The maximum Gasteiger partial charge on any atom is 0.322 e. The molecule has 0 spiro atoms. The minimum Gasteiger partial charge on any atom is -0.481 e. The number of carbonyl (C=O) groups excluding carboxylic acids is 3. The highest BCUT2D eigenvalue weighted by Crippen LogP contribution is 2.06. The van der Waals surface area contributed by atoms with Crippen molar-refractivity contribution < 1.29 is 39.3 Å². The first-order valence-corrected chi connectivity index (χ1v) is 8.62. The van der Waals surface area contributed by atoms with Crippen molar-refractivity contribution in [3.63, 3.8) is 0 Å². The Morgan fingerprint density at radius 2 is 1.46 bits per heavy atom. The lowest BCUT2D eigenvalue weighted by Gasteiger charge is -2.26. The molecule has 0 bridgehead atoms. The van der Waals surface area contributed by atoms with Crippen LogP contribution in [-0.2, 0) is 24.0 Å². The quantitative estimate of drug-likeness (QED) is 0.181. The van der Waals surface area contributed by atoms with E-state index in [4.69, 9.17) is 15.9 Å². The van der Waals surface area contributed by atoms with Crippen LogP contribution in [0, 0.1) is 5.92 Å². The van der Waals surface area contributed by atoms with Crippen molar-refractivity contribution in [1.29, 1.82) is 0 Å². The third-order valence-corrected chi connectivity index (χ3v) is 3.76. The Morgan fingerprint density at radius 1 is 0.893 bits per heavy atom. The van der Waals surface area contributed by atoms with Crippen molar-refractivity contribution in [1.82, 2.24) is 16.0 Å². The van der Waals surface area contributed by atoms with E-state index in [0.717, 1.165) is 0 Å². The first-order valence-electron chi connectivity index (χ1n) is 8.62. The van der Waals surface area contributed by atoms with Crippen LogP contribution in [0.15, 0.2) is 0 Å². The van der Waals surface area contributed by atoms with Gasteiger partial charge in [0.2, 0.25) is 17.7 Å². The summed E-state index contributed by atoms with van der Waals surface area (Å²) in [4.78, 5) is 58.0. The van der Waals surface area contributed by atoms with Gasteiger partial charge in [-0.15, -0.1) is 0 Å². The van der Waals surface area contributed by atoms with Gasteiger partial charge in [0.25, 0.3) is 0 Å². The van der Waals surface area contributed by atoms with Gasteiger partial charge in [0.1, 0.15) is 24.7 Å². The molecule has 0 aromatic carbocycles. The van der Waals surface area contributed by atoms with Crippen molar-refractivity contribution in [2.24, 2.45) is 11.7 Å². The maximum atomic E-state index is 12.5. The van der Waals surface area contributed by atoms with Gasteiger partial charge in [-0.2, -0.15) is 0 Å². The zero-order valence-electron chi connectivity index (χ0n) is 16.0. The third-order valence-electron chi connectivity index (χ3n) is 3.76. The summed E-state index contributed by atoms with van der Waals surface area (Å²) in [5.41, 5.74) is 5.53. The first-order chi connectivity index (χ1) is 12.9. The molecule has 0 aliphatic carbocycles. The van der Waals surface area contributed by atoms with Crippen LogP contribution in [0.5, 0.6) is 0 Å². The van der Waals surface area contributed by atoms with Crippen molar-refractivity contribution in [2.75, 3.05) is 6.54 Å². The fourth-order valence-corrected chi connectivity index (χ4v) is 2.09. The summed E-state index contributed by atoms with van der Waals surface area (Å²) in [6, 6.07) is -3.70. The Labute approximate surface area is 161 Å². The monoisotopic (exact) mass is 404 g/mol. The van der Waals surface area contributed by atoms with Crippen molar-refractivity contribution in [2.45, 2.75) is 57.8 Å². The lowest BCUT2D eigenvalue weighted by molar-refractivity contribution is -0.140. The van der Waals surface area contributed by atoms with Crippen molar-refractivity contribution in [3.8, 4) is 0 Å². The Kier molecular flexibility index (Phi) is 10.7. The van der Waals surface area contributed by atoms with Gasteiger partial charge in [-0.1, -0.05) is 13.8 Å². The zero-order chi connectivity index (χ0) is 22.0. The Bertz CT molecular complexity index is 593. The predicted molar refractivity (Wildman–Crippen MR) is 95.9 cm³/mol. The normalized spacial score (nSPS) is 15.1. The number of hydrogen-bond acceptors (Lipinski definition) is 7. The molecule has 0 saturated heterocycles. The van der Waals surface area contributed by atoms with Crippen LogP contribution in [0.1, 0.15) is 33.6 Å². The number of nitrogens with one attached hydrogen (secondary N) is 3. The molecule has 160 valence electrons. The van der Waals surface area contributed by atoms with Gasteiger partial charge in [0.15, 0.2) is 0 Å². The average Bonchev–Trinajstić information content (AvgIpc) is 2.59. The summed E-state index contributed by atoms with van der Waals surface area (Å²) in [7, 11) is 0. The van der Waals surface area contributed by atoms with Crippen LogP contribution >= 0.6 is 0 Å². The number of carbonyl (C=O) groups is 5. The molecule has 4 unspecified atom stereocenters. The maximum absolute atomic E-state index is 12.5. The molecule has 12 heteroatoms. The number of aliphatic hydroxyl groups is 1. The van der Waals surface area contributed by atoms with Crippen LogP contribution in [0.2, 0.25) is 0 Å². The second kappa shape index (κ2) is 11.9. The molecule has 8 N–H and O–H groups in total. The highest BCUT2D eigenvalue weighted by molar-refractivity contribution is 5.94. The highest BCUT2D eigenvalue weighted by Gasteiger charge is 2.31. The predicted octanol–water partition coefficient (Wildman–Crippen LogP) is -2.61. The Hall–Kier alpha value is -2.73. The third kappa shape index (κ3) is 9.28. The van der Waals surface area contributed by atoms with Crippen LogP contribution < -0.4 is 21.7 Å². The number of hydrogen-bond donors (Lipinski definition) is 7. The molecule has 0 aromatic rings. The standard InChI is InChI=1S/C16H28N4O8/c1-7(2)13(20-15(27)12(17)8(3)21)16(28)19-9(4-5-10(22)23)14(26)18-6-11(24)25/h7-9,12-13,21H,4-6,17H2,1-3H3,(H,18,26)(H,19,28)(H,20,27)(H,22,23)(H,24,25). The number of nitrogens with two attached hydrogens (primary N) is 1. The summed E-state index contributed by atoms with van der Waals surface area (Å²) < 4.78 is 0. The summed E-state index contributed by atoms with van der Waals surface area (Å²) in [6.45, 7) is 3.85. The Morgan fingerprint density at radius 3 is 1.89 bits per heavy atom. The van der Waals surface area contributed by atoms with E-state index in [2.05, 4.69) is 16.0 Å². The van der Waals surface area contributed by atoms with Gasteiger partial charge in [-0.25, -0.2) is 0 Å². The molecule has 4 atom stereocenters. The number of carboxylic acids is 2. The molecule has 0 heterocycles. The van der Waals surface area contributed by atoms with Gasteiger partial charge in [0, 0.05) is 6.42 Å². The zero-order valence-corrected chi connectivity index (χ0v) is 16.0. The number of carboxylic acid groups (broad SMARTS) is 2. The largest absolute Gasteiger partial charge is 0.481 e. The van der Waals surface area contributed by atoms with E-state index in [1.54, 1.807) is 13.8 Å². The first kappa shape index (κ1) is 25.3. The van der Waals surface area contributed by atoms with Gasteiger partial charge in [-0.05, 0) is 19.3 Å². The van der Waals surface area contributed by atoms with Crippen LogP contribution in [0.4, 0.5) is 0 Å². The van der Waals surface area contributed by atoms with E-state index in [1.165, 1.54) is 6.92 Å². The summed E-state index contributed by atoms with van der Waals surface area (Å²) in [5.74, 6) is -5.36. The number of aliphatic hydroxyl groups excluding tert-OH is 1. The van der Waals surface area contributed by atoms with E-state index in [9.17, 15) is 29.1 Å². The molecule has 0 aliphatic rings. The minimum atomic E-state index is -1.31. The molecule has 0 radical (unpaired) electrons. The van der Waals surface area contributed by atoms with Crippen molar-refractivity contribution in [3.05, 3.63) is 0 Å². The number of amides is 3. The summed E-state index contributed by atoms with van der Waals surface area (Å²) >= 11 is 0. The van der Waals surface area contributed by atoms with Gasteiger partial charge >= 0.3 is 11.9 Å². The smallest absolute Gasteiger partial charge is 0.322 e. The molecule has 0 aromatic heterocycles. The molecular formula is C16H28N4O8. The topological polar surface area (TPSA) is 208 Å².